The van der Waals surface area contributed by atoms with Crippen molar-refractivity contribution in [2.24, 2.45) is 0 Å². The Morgan fingerprint density at radius 2 is 1.82 bits per heavy atom. The van der Waals surface area contributed by atoms with Crippen LogP contribution in [-0.4, -0.2) is 22.8 Å². The highest BCUT2D eigenvalue weighted by Gasteiger charge is 2.09. The van der Waals surface area contributed by atoms with Gasteiger partial charge in [0.15, 0.2) is 11.6 Å². The molecule has 1 amide bonds. The summed E-state index contributed by atoms with van der Waals surface area (Å²) in [5.41, 5.74) is 5.15. The van der Waals surface area contributed by atoms with E-state index >= 15 is 0 Å². The van der Waals surface area contributed by atoms with E-state index < -0.39 is 5.82 Å². The zero-order valence-corrected chi connectivity index (χ0v) is 18.5. The van der Waals surface area contributed by atoms with Crippen molar-refractivity contribution in [1.82, 2.24) is 15.1 Å². The number of nitrogens with zero attached hydrogens (tertiary/aromatic N) is 2. The summed E-state index contributed by atoms with van der Waals surface area (Å²) in [4.78, 5) is 12.4. The maximum atomic E-state index is 13.8. The van der Waals surface area contributed by atoms with Crippen molar-refractivity contribution in [2.45, 2.75) is 25.9 Å². The minimum Gasteiger partial charge on any atom is -0.494 e. The van der Waals surface area contributed by atoms with Crippen LogP contribution in [0.15, 0.2) is 85.2 Å². The third-order valence-electron chi connectivity index (χ3n) is 5.52. The molecule has 1 aromatic heterocycles. The number of aryl methyl sites for hydroxylation is 1. The van der Waals surface area contributed by atoms with Crippen LogP contribution in [0.3, 0.4) is 0 Å². The fourth-order valence-corrected chi connectivity index (χ4v) is 3.73. The Hall–Kier alpha value is -3.93. The molecule has 3 aromatic carbocycles. The van der Waals surface area contributed by atoms with E-state index in [2.05, 4.69) is 40.7 Å². The van der Waals surface area contributed by atoms with Gasteiger partial charge in [-0.15, -0.1) is 0 Å². The first-order valence-electron chi connectivity index (χ1n) is 10.9. The molecule has 33 heavy (non-hydrogen) atoms. The van der Waals surface area contributed by atoms with Crippen molar-refractivity contribution in [2.75, 3.05) is 7.11 Å². The molecule has 1 N–H and O–H groups in total. The fraction of sp³-hybridized carbons (Fsp3) is 0.185. The molecule has 1 heterocycles. The molecular formula is C27H26FN3O2. The molecule has 5 nitrogen and oxygen atoms in total. The number of hydrogen-bond donors (Lipinski definition) is 1. The zero-order chi connectivity index (χ0) is 23.0. The monoisotopic (exact) mass is 443 g/mol. The summed E-state index contributed by atoms with van der Waals surface area (Å²) < 4.78 is 20.7. The lowest BCUT2D eigenvalue weighted by Crippen LogP contribution is -2.23. The highest BCUT2D eigenvalue weighted by Crippen LogP contribution is 2.24. The molecule has 0 aliphatic heterocycles. The van der Waals surface area contributed by atoms with E-state index in [0.29, 0.717) is 13.0 Å². The first kappa shape index (κ1) is 22.3. The Balaban J connectivity index is 1.35. The summed E-state index contributed by atoms with van der Waals surface area (Å²) in [5.74, 6) is -0.287. The number of carbonyl (C=O) groups excluding carboxylic acids is 1. The van der Waals surface area contributed by atoms with Crippen LogP contribution < -0.4 is 10.1 Å². The summed E-state index contributed by atoms with van der Waals surface area (Å²) in [6, 6.07) is 23.1. The van der Waals surface area contributed by atoms with Crippen molar-refractivity contribution >= 4 is 5.91 Å². The van der Waals surface area contributed by atoms with Gasteiger partial charge in [0.1, 0.15) is 0 Å². The van der Waals surface area contributed by atoms with E-state index in [1.54, 1.807) is 18.3 Å². The number of benzene rings is 3. The lowest BCUT2D eigenvalue weighted by atomic mass is 9.98. The van der Waals surface area contributed by atoms with Crippen LogP contribution in [0.4, 0.5) is 4.39 Å². The topological polar surface area (TPSA) is 56.1 Å². The van der Waals surface area contributed by atoms with Gasteiger partial charge in [0.2, 0.25) is 5.91 Å². The zero-order valence-electron chi connectivity index (χ0n) is 18.5. The molecular weight excluding hydrogens is 417 g/mol. The summed E-state index contributed by atoms with van der Waals surface area (Å²) in [5, 5.41) is 7.23. The largest absolute Gasteiger partial charge is 0.494 e. The molecule has 168 valence electrons. The Labute approximate surface area is 192 Å². The molecule has 4 rings (SSSR count). The van der Waals surface area contributed by atoms with Gasteiger partial charge in [-0.1, -0.05) is 54.6 Å². The predicted molar refractivity (Wildman–Crippen MR) is 126 cm³/mol. The number of amides is 1. The van der Waals surface area contributed by atoms with E-state index in [1.807, 2.05) is 35.1 Å². The number of aromatic nitrogens is 2. The number of halogens is 1. The molecule has 0 unspecified atom stereocenters. The molecule has 0 atom stereocenters. The lowest BCUT2D eigenvalue weighted by Gasteiger charge is -2.12. The number of carbonyl (C=O) groups is 1. The van der Waals surface area contributed by atoms with Crippen molar-refractivity contribution in [3.8, 4) is 16.9 Å². The van der Waals surface area contributed by atoms with Crippen LogP contribution in [0, 0.1) is 5.82 Å². The number of hydrogen-bond acceptors (Lipinski definition) is 3. The molecule has 0 aliphatic carbocycles. The number of methoxy groups -OCH3 is 1. The van der Waals surface area contributed by atoms with Crippen molar-refractivity contribution in [3.63, 3.8) is 0 Å². The molecule has 4 aromatic rings. The van der Waals surface area contributed by atoms with Gasteiger partial charge >= 0.3 is 0 Å². The van der Waals surface area contributed by atoms with Crippen LogP contribution in [0.5, 0.6) is 5.75 Å². The van der Waals surface area contributed by atoms with Crippen LogP contribution >= 0.6 is 0 Å². The number of ether oxygens (including phenoxy) is 1. The van der Waals surface area contributed by atoms with Crippen molar-refractivity contribution in [3.05, 3.63) is 108 Å². The predicted octanol–water partition coefficient (Wildman–Crippen LogP) is 5.00. The van der Waals surface area contributed by atoms with E-state index in [1.165, 1.54) is 18.7 Å². The maximum Gasteiger partial charge on any atom is 0.220 e. The van der Waals surface area contributed by atoms with Gasteiger partial charge in [0.05, 0.1) is 13.7 Å². The highest BCUT2D eigenvalue weighted by molar-refractivity contribution is 5.77. The average molecular weight is 444 g/mol. The third-order valence-corrected chi connectivity index (χ3v) is 5.52. The number of nitrogens with one attached hydrogen (secondary N) is 1. The molecule has 0 saturated carbocycles. The Kier molecular flexibility index (Phi) is 7.15. The van der Waals surface area contributed by atoms with E-state index in [0.717, 1.165) is 28.8 Å². The maximum absolute atomic E-state index is 13.8. The highest BCUT2D eigenvalue weighted by atomic mass is 19.1. The molecule has 0 radical (unpaired) electrons. The smallest absolute Gasteiger partial charge is 0.220 e. The molecule has 0 aliphatic rings. The summed E-state index contributed by atoms with van der Waals surface area (Å²) in [7, 11) is 1.43. The molecule has 0 spiro atoms. The lowest BCUT2D eigenvalue weighted by molar-refractivity contribution is -0.121. The van der Waals surface area contributed by atoms with Gasteiger partial charge in [0, 0.05) is 25.4 Å². The second kappa shape index (κ2) is 10.6. The molecule has 0 bridgehead atoms. The first-order valence-corrected chi connectivity index (χ1v) is 10.9. The Morgan fingerprint density at radius 1 is 1.03 bits per heavy atom. The first-order chi connectivity index (χ1) is 16.1. The van der Waals surface area contributed by atoms with Crippen molar-refractivity contribution < 1.29 is 13.9 Å². The molecule has 6 heteroatoms. The standard InChI is InChI=1S/C27H26FN3O2/c1-33-26-13-9-20(17-25(26)28)10-14-27(32)29-18-23-5-2-3-6-24(23)22-11-7-21(8-12-22)19-31-16-4-15-30-31/h2-9,11-13,15-17H,10,14,18-19H2,1H3,(H,29,32). The van der Waals surface area contributed by atoms with Gasteiger partial charge in [-0.25, -0.2) is 4.39 Å². The Bertz CT molecular complexity index is 1200. The van der Waals surface area contributed by atoms with Crippen LogP contribution in [0.1, 0.15) is 23.1 Å². The number of rotatable bonds is 9. The van der Waals surface area contributed by atoms with Gasteiger partial charge in [-0.3, -0.25) is 9.48 Å². The summed E-state index contributed by atoms with van der Waals surface area (Å²) in [6.07, 6.45) is 4.47. The van der Waals surface area contributed by atoms with Crippen LogP contribution in [0.2, 0.25) is 0 Å². The second-order valence-corrected chi connectivity index (χ2v) is 7.80. The van der Waals surface area contributed by atoms with Gasteiger partial charge in [0.25, 0.3) is 0 Å². The van der Waals surface area contributed by atoms with Gasteiger partial charge in [-0.2, -0.15) is 5.10 Å². The molecule has 0 fully saturated rings. The van der Waals surface area contributed by atoms with Crippen LogP contribution in [0.25, 0.3) is 11.1 Å². The van der Waals surface area contributed by atoms with Gasteiger partial charge < -0.3 is 10.1 Å². The minimum atomic E-state index is -0.417. The second-order valence-electron chi connectivity index (χ2n) is 7.80. The van der Waals surface area contributed by atoms with E-state index in [9.17, 15) is 9.18 Å². The summed E-state index contributed by atoms with van der Waals surface area (Å²) >= 11 is 0. The van der Waals surface area contributed by atoms with E-state index in [4.69, 9.17) is 4.74 Å². The average Bonchev–Trinajstić information content (AvgIpc) is 3.35. The summed E-state index contributed by atoms with van der Waals surface area (Å²) in [6.45, 7) is 1.16. The SMILES string of the molecule is COc1ccc(CCC(=O)NCc2ccccc2-c2ccc(Cn3cccn3)cc2)cc1F. The Morgan fingerprint density at radius 3 is 2.55 bits per heavy atom. The normalized spacial score (nSPS) is 10.7. The third kappa shape index (κ3) is 5.86. The van der Waals surface area contributed by atoms with E-state index in [-0.39, 0.29) is 18.1 Å². The quantitative estimate of drug-likeness (QED) is 0.396. The van der Waals surface area contributed by atoms with Gasteiger partial charge in [-0.05, 0) is 52.4 Å². The van der Waals surface area contributed by atoms with Crippen LogP contribution in [-0.2, 0) is 24.3 Å². The van der Waals surface area contributed by atoms with Crippen molar-refractivity contribution in [1.29, 1.82) is 0 Å². The fourth-order valence-electron chi connectivity index (χ4n) is 3.73. The minimum absolute atomic E-state index is 0.0735. The molecule has 0 saturated heterocycles.